The lowest BCUT2D eigenvalue weighted by molar-refractivity contribution is -0.885. The highest BCUT2D eigenvalue weighted by Crippen LogP contribution is 2.21. The van der Waals surface area contributed by atoms with Gasteiger partial charge in [0.1, 0.15) is 17.9 Å². The summed E-state index contributed by atoms with van der Waals surface area (Å²) in [5, 5.41) is 12.3. The minimum atomic E-state index is -1.66. The van der Waals surface area contributed by atoms with Gasteiger partial charge in [0.15, 0.2) is 24.0 Å². The Hall–Kier alpha value is -3.33. The first-order valence-corrected chi connectivity index (χ1v) is 8.25. The summed E-state index contributed by atoms with van der Waals surface area (Å²) in [5.74, 6) is -5.16. The summed E-state index contributed by atoms with van der Waals surface area (Å²) in [6, 6.07) is 7.29. The molecule has 1 atom stereocenters. The topological polar surface area (TPSA) is 84.0 Å². The Morgan fingerprint density at radius 1 is 1.14 bits per heavy atom. The summed E-state index contributed by atoms with van der Waals surface area (Å²) in [6.07, 6.45) is 0. The van der Waals surface area contributed by atoms with Crippen molar-refractivity contribution in [1.82, 2.24) is 0 Å². The number of hydrogen-bond acceptors (Lipinski definition) is 4. The predicted octanol–water partition coefficient (Wildman–Crippen LogP) is 1.57. The van der Waals surface area contributed by atoms with Gasteiger partial charge in [-0.15, -0.1) is 0 Å². The Labute approximate surface area is 156 Å². The Morgan fingerprint density at radius 3 is 2.64 bits per heavy atom. The molecule has 0 aliphatic heterocycles. The predicted molar refractivity (Wildman–Crippen MR) is 94.6 cm³/mol. The number of anilines is 1. The number of amides is 1. The largest absolute Gasteiger partial charge is 0.508 e. The van der Waals surface area contributed by atoms with Crippen LogP contribution in [0.3, 0.4) is 0 Å². The lowest BCUT2D eigenvalue weighted by Crippen LogP contribution is -3.08. The van der Waals surface area contributed by atoms with Gasteiger partial charge in [-0.05, 0) is 24.3 Å². The summed E-state index contributed by atoms with van der Waals surface area (Å²) in [4.78, 5) is 24.5. The fourth-order valence-corrected chi connectivity index (χ4v) is 2.84. The van der Waals surface area contributed by atoms with Gasteiger partial charge in [-0.3, -0.25) is 4.79 Å². The molecule has 0 saturated carbocycles. The monoisotopic (exact) mass is 393 g/mol. The van der Waals surface area contributed by atoms with E-state index < -0.39 is 34.7 Å². The second kappa shape index (κ2) is 7.73. The van der Waals surface area contributed by atoms with Crippen LogP contribution in [0.4, 0.5) is 18.9 Å². The molecule has 1 unspecified atom stereocenters. The van der Waals surface area contributed by atoms with Crippen LogP contribution in [0.2, 0.25) is 0 Å². The van der Waals surface area contributed by atoms with Crippen LogP contribution < -0.4 is 15.8 Å². The molecule has 0 fully saturated rings. The number of benzene rings is 2. The summed E-state index contributed by atoms with van der Waals surface area (Å²) < 4.78 is 44.9. The number of rotatable bonds is 5. The molecule has 0 spiro atoms. The number of aromatic hydroxyl groups is 1. The fourth-order valence-electron chi connectivity index (χ4n) is 2.84. The molecule has 2 aromatic carbocycles. The minimum absolute atomic E-state index is 0.0542. The molecule has 0 radical (unpaired) electrons. The van der Waals surface area contributed by atoms with E-state index in [1.165, 1.54) is 18.2 Å². The standard InChI is InChI=1S/C19H15F3N2O4/c1-24(9-16(26)23-14-5-4-13(20)18(21)19(14)22)8-10-6-17(27)28-15-7-11(25)2-3-12(10)15/h2-7,25H,8-9H2,1H3,(H,23,26)/p+1. The van der Waals surface area contributed by atoms with Crippen LogP contribution in [0.15, 0.2) is 45.6 Å². The van der Waals surface area contributed by atoms with Gasteiger partial charge in [0, 0.05) is 23.1 Å². The Balaban J connectivity index is 1.73. The summed E-state index contributed by atoms with van der Waals surface area (Å²) in [5.41, 5.74) is -0.258. The lowest BCUT2D eigenvalue weighted by Gasteiger charge is -2.15. The zero-order valence-electron chi connectivity index (χ0n) is 14.7. The highest BCUT2D eigenvalue weighted by Gasteiger charge is 2.18. The fraction of sp³-hybridized carbons (Fsp3) is 0.158. The third-order valence-corrected chi connectivity index (χ3v) is 4.08. The molecular formula is C19H16F3N2O4+. The molecule has 3 aromatic rings. The zero-order valence-corrected chi connectivity index (χ0v) is 14.7. The number of halogens is 3. The molecule has 3 N–H and O–H groups in total. The average molecular weight is 393 g/mol. The van der Waals surface area contributed by atoms with E-state index in [9.17, 15) is 27.9 Å². The van der Waals surface area contributed by atoms with Crippen molar-refractivity contribution in [2.75, 3.05) is 18.9 Å². The number of nitrogens with one attached hydrogen (secondary N) is 2. The van der Waals surface area contributed by atoms with E-state index in [2.05, 4.69) is 5.32 Å². The van der Waals surface area contributed by atoms with Gasteiger partial charge < -0.3 is 19.7 Å². The molecule has 9 heteroatoms. The van der Waals surface area contributed by atoms with E-state index in [-0.39, 0.29) is 24.4 Å². The van der Waals surface area contributed by atoms with Gasteiger partial charge >= 0.3 is 5.63 Å². The first-order chi connectivity index (χ1) is 13.2. The molecular weight excluding hydrogens is 377 g/mol. The maximum absolute atomic E-state index is 13.7. The van der Waals surface area contributed by atoms with Crippen molar-refractivity contribution in [3.8, 4) is 5.75 Å². The lowest BCUT2D eigenvalue weighted by atomic mass is 10.1. The van der Waals surface area contributed by atoms with Gasteiger partial charge in [-0.1, -0.05) is 0 Å². The number of quaternary nitrogens is 1. The highest BCUT2D eigenvalue weighted by molar-refractivity contribution is 5.91. The molecule has 146 valence electrons. The van der Waals surface area contributed by atoms with E-state index >= 15 is 0 Å². The van der Waals surface area contributed by atoms with Crippen molar-refractivity contribution in [3.05, 3.63) is 69.8 Å². The van der Waals surface area contributed by atoms with Crippen LogP contribution >= 0.6 is 0 Å². The molecule has 0 bridgehead atoms. The number of carbonyl (C=O) groups is 1. The van der Waals surface area contributed by atoms with Gasteiger partial charge in [0.05, 0.1) is 12.7 Å². The van der Waals surface area contributed by atoms with Crippen molar-refractivity contribution in [2.45, 2.75) is 6.54 Å². The molecule has 0 saturated heterocycles. The van der Waals surface area contributed by atoms with Crippen molar-refractivity contribution in [1.29, 1.82) is 0 Å². The third kappa shape index (κ3) is 4.15. The second-order valence-electron chi connectivity index (χ2n) is 6.35. The molecule has 0 aliphatic carbocycles. The van der Waals surface area contributed by atoms with E-state index in [0.29, 0.717) is 15.8 Å². The van der Waals surface area contributed by atoms with Crippen LogP contribution in [-0.2, 0) is 11.3 Å². The molecule has 28 heavy (non-hydrogen) atoms. The van der Waals surface area contributed by atoms with Crippen LogP contribution in [0.25, 0.3) is 11.0 Å². The van der Waals surface area contributed by atoms with Crippen molar-refractivity contribution in [3.63, 3.8) is 0 Å². The second-order valence-corrected chi connectivity index (χ2v) is 6.35. The minimum Gasteiger partial charge on any atom is -0.508 e. The van der Waals surface area contributed by atoms with Crippen LogP contribution in [0.1, 0.15) is 5.56 Å². The first kappa shape index (κ1) is 19.4. The number of carbonyl (C=O) groups excluding carboxylic acids is 1. The summed E-state index contributed by atoms with van der Waals surface area (Å²) in [6.45, 7) is 0.124. The summed E-state index contributed by atoms with van der Waals surface area (Å²) in [7, 11) is 1.67. The number of likely N-dealkylation sites (N-methyl/N-ethyl adjacent to an activating group) is 1. The Morgan fingerprint density at radius 2 is 1.89 bits per heavy atom. The average Bonchev–Trinajstić information content (AvgIpc) is 2.61. The molecule has 1 heterocycles. The molecule has 1 amide bonds. The number of phenolic OH excluding ortho intramolecular Hbond substituents is 1. The van der Waals surface area contributed by atoms with Gasteiger partial charge in [-0.2, -0.15) is 0 Å². The Kier molecular flexibility index (Phi) is 5.36. The summed E-state index contributed by atoms with van der Waals surface area (Å²) >= 11 is 0. The van der Waals surface area contributed by atoms with E-state index in [0.717, 1.165) is 12.1 Å². The molecule has 6 nitrogen and oxygen atoms in total. The molecule has 0 aliphatic rings. The van der Waals surface area contributed by atoms with Crippen LogP contribution in [-0.4, -0.2) is 24.6 Å². The highest BCUT2D eigenvalue weighted by atomic mass is 19.2. The molecule has 1 aromatic heterocycles. The van der Waals surface area contributed by atoms with Gasteiger partial charge in [-0.25, -0.2) is 18.0 Å². The maximum atomic E-state index is 13.7. The van der Waals surface area contributed by atoms with E-state index in [1.807, 2.05) is 0 Å². The number of hydrogen-bond donors (Lipinski definition) is 3. The van der Waals surface area contributed by atoms with E-state index in [4.69, 9.17) is 4.42 Å². The van der Waals surface area contributed by atoms with Crippen LogP contribution in [0, 0.1) is 17.5 Å². The zero-order chi connectivity index (χ0) is 20.4. The maximum Gasteiger partial charge on any atom is 0.336 e. The number of fused-ring (bicyclic) bond motifs is 1. The van der Waals surface area contributed by atoms with Gasteiger partial charge in [0.2, 0.25) is 0 Å². The van der Waals surface area contributed by atoms with Crippen molar-refractivity contribution in [2.24, 2.45) is 0 Å². The van der Waals surface area contributed by atoms with Crippen LogP contribution in [0.5, 0.6) is 5.75 Å². The van der Waals surface area contributed by atoms with Crippen molar-refractivity contribution >= 4 is 22.6 Å². The SMILES string of the molecule is C[NH+](CC(=O)Nc1ccc(F)c(F)c1F)Cc1cc(=O)oc2cc(O)ccc12. The normalized spacial score (nSPS) is 12.1. The van der Waals surface area contributed by atoms with Crippen molar-refractivity contribution < 1.29 is 32.4 Å². The third-order valence-electron chi connectivity index (χ3n) is 4.08. The smallest absolute Gasteiger partial charge is 0.336 e. The van der Waals surface area contributed by atoms with Gasteiger partial charge in [0.25, 0.3) is 5.91 Å². The van der Waals surface area contributed by atoms with E-state index in [1.54, 1.807) is 13.1 Å². The quantitative estimate of drug-likeness (QED) is 0.454. The molecule has 3 rings (SSSR count). The number of phenols is 1. The first-order valence-electron chi connectivity index (χ1n) is 8.25. The Bertz CT molecular complexity index is 1110.